The SMILES string of the molecule is [C-]#[N+]C1=C(O)C(C)(C)[C@@H]2CC[C@]3(C)[C@H](CC(=O)[C@@H]4[C@@H]5CC(C)(C)CC[C@]5(C(C)=O)CC[C@]43C)[C@@]2(C)C1. The van der Waals surface area contributed by atoms with E-state index >= 15 is 0 Å². The summed E-state index contributed by atoms with van der Waals surface area (Å²) in [6.45, 7) is 25.6. The van der Waals surface area contributed by atoms with Crippen molar-refractivity contribution in [3.05, 3.63) is 22.9 Å². The minimum Gasteiger partial charge on any atom is -0.523 e. The van der Waals surface area contributed by atoms with Crippen molar-refractivity contribution in [3.63, 3.8) is 0 Å². The molecule has 5 aliphatic carbocycles. The number of Topliss-reactive ketones (excluding diaryl/α,β-unsaturated/α-hetero) is 2. The average molecular weight is 494 g/mol. The Bertz CT molecular complexity index is 1090. The first kappa shape index (κ1) is 26.0. The highest BCUT2D eigenvalue weighted by atomic mass is 16.3. The Kier molecular flexibility index (Phi) is 5.40. The van der Waals surface area contributed by atoms with Crippen LogP contribution in [0.15, 0.2) is 11.5 Å². The number of aliphatic hydroxyl groups is 1. The largest absolute Gasteiger partial charge is 0.523 e. The Labute approximate surface area is 218 Å². The van der Waals surface area contributed by atoms with Gasteiger partial charge in [-0.3, -0.25) is 9.59 Å². The van der Waals surface area contributed by atoms with Crippen molar-refractivity contribution in [1.29, 1.82) is 0 Å². The van der Waals surface area contributed by atoms with Crippen LogP contribution in [0.25, 0.3) is 4.85 Å². The molecule has 0 saturated heterocycles. The molecule has 0 amide bonds. The van der Waals surface area contributed by atoms with Gasteiger partial charge in [-0.1, -0.05) is 48.5 Å². The van der Waals surface area contributed by atoms with E-state index in [0.717, 1.165) is 44.9 Å². The van der Waals surface area contributed by atoms with E-state index < -0.39 is 5.41 Å². The van der Waals surface area contributed by atoms with Crippen molar-refractivity contribution < 1.29 is 14.7 Å². The van der Waals surface area contributed by atoms with Crippen LogP contribution in [0.2, 0.25) is 0 Å². The van der Waals surface area contributed by atoms with Crippen LogP contribution in [0.3, 0.4) is 0 Å². The van der Waals surface area contributed by atoms with E-state index in [-0.39, 0.29) is 56.5 Å². The molecule has 0 heterocycles. The lowest BCUT2D eigenvalue weighted by atomic mass is 9.31. The Morgan fingerprint density at radius 3 is 2.19 bits per heavy atom. The number of hydrogen-bond acceptors (Lipinski definition) is 3. The van der Waals surface area contributed by atoms with Crippen molar-refractivity contribution in [2.75, 3.05) is 0 Å². The van der Waals surface area contributed by atoms with Crippen molar-refractivity contribution in [2.24, 2.45) is 56.2 Å². The molecule has 0 aromatic heterocycles. The van der Waals surface area contributed by atoms with Crippen LogP contribution in [0.5, 0.6) is 0 Å². The molecular weight excluding hydrogens is 446 g/mol. The minimum atomic E-state index is -0.460. The summed E-state index contributed by atoms with van der Waals surface area (Å²) in [7, 11) is 0. The summed E-state index contributed by atoms with van der Waals surface area (Å²) in [6.07, 6.45) is 7.97. The molecule has 4 heteroatoms. The maximum absolute atomic E-state index is 14.4. The Morgan fingerprint density at radius 2 is 1.58 bits per heavy atom. The van der Waals surface area contributed by atoms with Gasteiger partial charge in [0, 0.05) is 23.2 Å². The number of allylic oxidation sites excluding steroid dienone is 2. The summed E-state index contributed by atoms with van der Waals surface area (Å²) in [4.78, 5) is 31.5. The zero-order valence-corrected chi connectivity index (χ0v) is 23.9. The van der Waals surface area contributed by atoms with E-state index in [2.05, 4.69) is 53.3 Å². The number of ketones is 2. The molecule has 0 bridgehead atoms. The van der Waals surface area contributed by atoms with Gasteiger partial charge in [0.2, 0.25) is 5.70 Å². The highest BCUT2D eigenvalue weighted by Crippen LogP contribution is 2.76. The number of rotatable bonds is 1. The lowest BCUT2D eigenvalue weighted by molar-refractivity contribution is -0.229. The Balaban J connectivity index is 1.63. The maximum Gasteiger partial charge on any atom is 0.203 e. The third-order valence-electron chi connectivity index (χ3n) is 13.4. The number of fused-ring (bicyclic) bond motifs is 7. The van der Waals surface area contributed by atoms with Crippen LogP contribution in [0, 0.1) is 62.7 Å². The second-order valence-electron chi connectivity index (χ2n) is 15.6. The number of hydrogen-bond donors (Lipinski definition) is 1. The van der Waals surface area contributed by atoms with Crippen LogP contribution >= 0.6 is 0 Å². The fraction of sp³-hybridized carbons (Fsp3) is 0.844. The van der Waals surface area contributed by atoms with Gasteiger partial charge in [0.15, 0.2) is 0 Å². The molecule has 4 fully saturated rings. The molecule has 0 aromatic rings. The first-order valence-electron chi connectivity index (χ1n) is 14.3. The first-order chi connectivity index (χ1) is 16.5. The summed E-state index contributed by atoms with van der Waals surface area (Å²) >= 11 is 0. The molecule has 5 aliphatic rings. The van der Waals surface area contributed by atoms with Crippen LogP contribution in [0.1, 0.15) is 113 Å². The molecule has 0 aromatic carbocycles. The van der Waals surface area contributed by atoms with Gasteiger partial charge in [0.05, 0.1) is 6.57 Å². The van der Waals surface area contributed by atoms with Gasteiger partial charge in [-0.05, 0) is 97.7 Å². The molecule has 4 saturated carbocycles. The molecule has 0 radical (unpaired) electrons. The van der Waals surface area contributed by atoms with Gasteiger partial charge in [-0.25, -0.2) is 4.85 Å². The monoisotopic (exact) mass is 493 g/mol. The van der Waals surface area contributed by atoms with Crippen molar-refractivity contribution in [2.45, 2.75) is 113 Å². The maximum atomic E-state index is 14.4. The average Bonchev–Trinajstić information content (AvgIpc) is 2.77. The zero-order chi connectivity index (χ0) is 26.7. The highest BCUT2D eigenvalue weighted by Gasteiger charge is 2.72. The van der Waals surface area contributed by atoms with Crippen LogP contribution in [0.4, 0.5) is 0 Å². The topological polar surface area (TPSA) is 58.7 Å². The normalized spacial score (nSPS) is 49.1. The summed E-state index contributed by atoms with van der Waals surface area (Å²) in [5, 5.41) is 11.0. The Morgan fingerprint density at radius 1 is 0.944 bits per heavy atom. The summed E-state index contributed by atoms with van der Waals surface area (Å²) in [5.74, 6) is 1.45. The number of carbonyl (C=O) groups is 2. The standard InChI is InChI=1S/C32H47NO3/c1-19(34)32-14-12-27(2,3)17-20(32)25-22(35)16-24-29(6)18-21(33-9)26(36)28(4,5)23(29)10-11-30(24,7)31(25,8)13-15-32/h20,23-25,36H,10-18H2,1-8H3/t20-,23-,24+,25-,29-,30+,31+,32+/m0/s1. The van der Waals surface area contributed by atoms with Crippen LogP contribution in [-0.4, -0.2) is 16.7 Å². The molecule has 0 unspecified atom stereocenters. The first-order valence-corrected chi connectivity index (χ1v) is 14.3. The van der Waals surface area contributed by atoms with Gasteiger partial charge in [-0.15, -0.1) is 0 Å². The fourth-order valence-corrected chi connectivity index (χ4v) is 11.2. The van der Waals surface area contributed by atoms with Gasteiger partial charge < -0.3 is 5.11 Å². The molecular formula is C32H47NO3. The van der Waals surface area contributed by atoms with Gasteiger partial charge in [0.25, 0.3) is 0 Å². The fourth-order valence-electron chi connectivity index (χ4n) is 11.2. The molecule has 5 rings (SSSR count). The quantitative estimate of drug-likeness (QED) is 0.377. The third kappa shape index (κ3) is 2.98. The van der Waals surface area contributed by atoms with Crippen LogP contribution in [-0.2, 0) is 9.59 Å². The smallest absolute Gasteiger partial charge is 0.203 e. The lowest BCUT2D eigenvalue weighted by Crippen LogP contribution is -2.69. The lowest BCUT2D eigenvalue weighted by Gasteiger charge is -2.72. The van der Waals surface area contributed by atoms with E-state index in [1.165, 1.54) is 0 Å². The predicted octanol–water partition coefficient (Wildman–Crippen LogP) is 7.93. The van der Waals surface area contributed by atoms with Gasteiger partial charge >= 0.3 is 0 Å². The number of aliphatic hydroxyl groups excluding tert-OH is 1. The third-order valence-corrected chi connectivity index (χ3v) is 13.4. The van der Waals surface area contributed by atoms with E-state index in [1.54, 1.807) is 6.92 Å². The van der Waals surface area contributed by atoms with Crippen LogP contribution < -0.4 is 0 Å². The second-order valence-corrected chi connectivity index (χ2v) is 15.6. The molecule has 198 valence electrons. The summed E-state index contributed by atoms with van der Waals surface area (Å²) < 4.78 is 0. The molecule has 0 aliphatic heterocycles. The predicted molar refractivity (Wildman–Crippen MR) is 142 cm³/mol. The summed E-state index contributed by atoms with van der Waals surface area (Å²) in [6, 6.07) is 0. The minimum absolute atomic E-state index is 0.0302. The van der Waals surface area contributed by atoms with E-state index in [1.807, 2.05) is 0 Å². The Hall–Kier alpha value is -1.63. The second kappa shape index (κ2) is 7.48. The van der Waals surface area contributed by atoms with Crippen molar-refractivity contribution in [1.82, 2.24) is 0 Å². The number of carbonyl (C=O) groups excluding carboxylic acids is 2. The molecule has 1 N–H and O–H groups in total. The summed E-state index contributed by atoms with van der Waals surface area (Å²) in [5.41, 5.74) is -0.522. The molecule has 36 heavy (non-hydrogen) atoms. The molecule has 8 atom stereocenters. The van der Waals surface area contributed by atoms with Gasteiger partial charge in [-0.2, -0.15) is 0 Å². The van der Waals surface area contributed by atoms with E-state index in [9.17, 15) is 14.7 Å². The van der Waals surface area contributed by atoms with Gasteiger partial charge in [0.1, 0.15) is 17.3 Å². The molecule has 0 spiro atoms. The van der Waals surface area contributed by atoms with E-state index in [0.29, 0.717) is 30.1 Å². The zero-order valence-electron chi connectivity index (χ0n) is 23.9. The van der Waals surface area contributed by atoms with E-state index in [4.69, 9.17) is 6.57 Å². The molecule has 4 nitrogen and oxygen atoms in total. The van der Waals surface area contributed by atoms with Crippen molar-refractivity contribution in [3.8, 4) is 0 Å². The number of nitrogens with zero attached hydrogens (tertiary/aromatic N) is 1. The van der Waals surface area contributed by atoms with Crippen molar-refractivity contribution >= 4 is 11.6 Å². The highest BCUT2D eigenvalue weighted by molar-refractivity contribution is 5.88.